The van der Waals surface area contributed by atoms with Gasteiger partial charge in [0, 0.05) is 38.9 Å². The zero-order valence-corrected chi connectivity index (χ0v) is 30.5. The quantitative estimate of drug-likeness (QED) is 0.173. The highest BCUT2D eigenvalue weighted by molar-refractivity contribution is 6.11. The summed E-state index contributed by atoms with van der Waals surface area (Å²) in [6.07, 6.45) is 1.89. The van der Waals surface area contributed by atoms with Gasteiger partial charge in [-0.2, -0.15) is 9.55 Å². The standard InChI is InChI=1S/C44H44N5O/c1-25(2)32-21-29(28-15-11-10-12-16-28)22-33(26(3)4)38(32)49-36-18-14-13-17-35(36)48(9)42(49)37-27(5)19-20-31-34-23-30-24-45-43(44(6,7)8)47-40(30)46-41(34)50-39(31)37/h10-26H,1-9H3/q+1. The highest BCUT2D eigenvalue weighted by Gasteiger charge is 2.34. The van der Waals surface area contributed by atoms with Crippen LogP contribution in [-0.2, 0) is 12.5 Å². The molecule has 4 heterocycles. The summed E-state index contributed by atoms with van der Waals surface area (Å²) in [6, 6.07) is 30.8. The maximum absolute atomic E-state index is 6.83. The molecule has 6 nitrogen and oxygen atoms in total. The normalized spacial score (nSPS) is 12.5. The molecule has 0 radical (unpaired) electrons. The predicted molar refractivity (Wildman–Crippen MR) is 205 cm³/mol. The maximum atomic E-state index is 6.83. The van der Waals surface area contributed by atoms with Crippen molar-refractivity contribution in [2.24, 2.45) is 7.05 Å². The Morgan fingerprint density at radius 1 is 0.760 bits per heavy atom. The van der Waals surface area contributed by atoms with E-state index in [9.17, 15) is 0 Å². The molecule has 0 atom stereocenters. The summed E-state index contributed by atoms with van der Waals surface area (Å²) in [4.78, 5) is 14.5. The fourth-order valence-corrected chi connectivity index (χ4v) is 7.39. The number of aryl methyl sites for hydroxylation is 2. The van der Waals surface area contributed by atoms with Crippen molar-refractivity contribution in [2.45, 2.75) is 72.6 Å². The third-order valence-electron chi connectivity index (χ3n) is 10.0. The number of fused-ring (bicyclic) bond motifs is 5. The van der Waals surface area contributed by atoms with Gasteiger partial charge in [-0.05, 0) is 65.8 Å². The highest BCUT2D eigenvalue weighted by atomic mass is 16.3. The van der Waals surface area contributed by atoms with E-state index >= 15 is 0 Å². The van der Waals surface area contributed by atoms with E-state index in [2.05, 4.69) is 157 Å². The molecule has 0 amide bonds. The number of nitrogens with zero attached hydrogens (tertiary/aromatic N) is 5. The van der Waals surface area contributed by atoms with Gasteiger partial charge in [-0.25, -0.2) is 14.5 Å². The first-order valence-electron chi connectivity index (χ1n) is 17.7. The lowest BCUT2D eigenvalue weighted by molar-refractivity contribution is -0.633. The Hall–Kier alpha value is -5.36. The van der Waals surface area contributed by atoms with Crippen LogP contribution in [0.15, 0.2) is 95.5 Å². The van der Waals surface area contributed by atoms with E-state index in [0.29, 0.717) is 11.4 Å². The molecule has 0 aliphatic heterocycles. The molecule has 4 aromatic carbocycles. The lowest BCUT2D eigenvalue weighted by atomic mass is 9.88. The molecular formula is C44H44N5O+. The SMILES string of the molecule is Cc1ccc2c(oc3nc4nc(C(C)(C)C)ncc4cc32)c1-c1n(-c2c(C(C)C)cc(-c3ccccc3)cc2C(C)C)c2ccccc2[n+]1C. The van der Waals surface area contributed by atoms with Gasteiger partial charge < -0.3 is 4.42 Å². The fourth-order valence-electron chi connectivity index (χ4n) is 7.39. The number of hydrogen-bond acceptors (Lipinski definition) is 4. The van der Waals surface area contributed by atoms with Gasteiger partial charge in [-0.3, -0.25) is 0 Å². The van der Waals surface area contributed by atoms with Gasteiger partial charge >= 0.3 is 0 Å². The average Bonchev–Trinajstić information content (AvgIpc) is 3.60. The van der Waals surface area contributed by atoms with Crippen LogP contribution >= 0.6 is 0 Å². The number of para-hydroxylation sites is 2. The van der Waals surface area contributed by atoms with Crippen LogP contribution in [-0.4, -0.2) is 19.5 Å². The van der Waals surface area contributed by atoms with Crippen LogP contribution in [0, 0.1) is 6.92 Å². The van der Waals surface area contributed by atoms with Crippen molar-refractivity contribution in [3.63, 3.8) is 0 Å². The van der Waals surface area contributed by atoms with Crippen molar-refractivity contribution in [1.29, 1.82) is 0 Å². The second kappa shape index (κ2) is 11.6. The fraction of sp³-hybridized carbons (Fsp3) is 0.273. The van der Waals surface area contributed by atoms with Gasteiger partial charge in [0.1, 0.15) is 17.1 Å². The number of imidazole rings is 1. The Bertz CT molecular complexity index is 2570. The average molecular weight is 659 g/mol. The Morgan fingerprint density at radius 3 is 2.12 bits per heavy atom. The molecule has 8 aromatic rings. The first kappa shape index (κ1) is 31.9. The van der Waals surface area contributed by atoms with Crippen LogP contribution < -0.4 is 4.57 Å². The Labute approximate surface area is 293 Å². The summed E-state index contributed by atoms with van der Waals surface area (Å²) < 4.78 is 11.7. The summed E-state index contributed by atoms with van der Waals surface area (Å²) >= 11 is 0. The minimum absolute atomic E-state index is 0.186. The Morgan fingerprint density at radius 2 is 1.44 bits per heavy atom. The van der Waals surface area contributed by atoms with E-state index in [1.165, 1.54) is 27.9 Å². The molecule has 0 spiro atoms. The van der Waals surface area contributed by atoms with Gasteiger partial charge in [0.15, 0.2) is 22.3 Å². The van der Waals surface area contributed by atoms with Crippen LogP contribution in [0.1, 0.15) is 82.8 Å². The largest absolute Gasteiger partial charge is 0.437 e. The lowest BCUT2D eigenvalue weighted by Crippen LogP contribution is -2.30. The molecule has 50 heavy (non-hydrogen) atoms. The van der Waals surface area contributed by atoms with Crippen molar-refractivity contribution >= 4 is 44.1 Å². The lowest BCUT2D eigenvalue weighted by Gasteiger charge is -2.21. The number of aromatic nitrogens is 5. The summed E-state index contributed by atoms with van der Waals surface area (Å²) in [7, 11) is 2.17. The molecule has 250 valence electrons. The third kappa shape index (κ3) is 5.00. The van der Waals surface area contributed by atoms with E-state index in [1.54, 1.807) is 0 Å². The molecule has 0 saturated carbocycles. The first-order valence-corrected chi connectivity index (χ1v) is 17.7. The zero-order chi connectivity index (χ0) is 35.1. The van der Waals surface area contributed by atoms with Crippen molar-refractivity contribution < 1.29 is 8.98 Å². The third-order valence-corrected chi connectivity index (χ3v) is 10.0. The minimum Gasteiger partial charge on any atom is -0.437 e. The van der Waals surface area contributed by atoms with E-state index in [4.69, 9.17) is 19.4 Å². The molecule has 0 bridgehead atoms. The molecule has 0 saturated heterocycles. The Balaban J connectivity index is 1.48. The van der Waals surface area contributed by atoms with Crippen LogP contribution in [0.2, 0.25) is 0 Å². The molecular weight excluding hydrogens is 615 g/mol. The van der Waals surface area contributed by atoms with Gasteiger partial charge in [-0.1, -0.05) is 103 Å². The van der Waals surface area contributed by atoms with Gasteiger partial charge in [-0.15, -0.1) is 0 Å². The summed E-state index contributed by atoms with van der Waals surface area (Å²) in [5, 5.41) is 2.89. The number of pyridine rings is 1. The second-order valence-electron chi connectivity index (χ2n) is 15.3. The van der Waals surface area contributed by atoms with Gasteiger partial charge in [0.25, 0.3) is 5.82 Å². The van der Waals surface area contributed by atoms with Crippen LogP contribution in [0.5, 0.6) is 0 Å². The molecule has 0 aliphatic carbocycles. The van der Waals surface area contributed by atoms with Crippen molar-refractivity contribution in [1.82, 2.24) is 19.5 Å². The molecule has 6 heteroatoms. The smallest absolute Gasteiger partial charge is 0.299 e. The van der Waals surface area contributed by atoms with Gasteiger partial charge in [0.05, 0.1) is 7.05 Å². The highest BCUT2D eigenvalue weighted by Crippen LogP contribution is 2.43. The predicted octanol–water partition coefficient (Wildman–Crippen LogP) is 10.9. The van der Waals surface area contributed by atoms with E-state index in [0.717, 1.165) is 55.6 Å². The van der Waals surface area contributed by atoms with Crippen LogP contribution in [0.4, 0.5) is 0 Å². The van der Waals surface area contributed by atoms with Crippen molar-refractivity contribution in [3.8, 4) is 28.2 Å². The van der Waals surface area contributed by atoms with Gasteiger partial charge in [0.2, 0.25) is 5.71 Å². The van der Waals surface area contributed by atoms with E-state index in [-0.39, 0.29) is 17.3 Å². The molecule has 0 unspecified atom stereocenters. The summed E-state index contributed by atoms with van der Waals surface area (Å²) in [5.41, 5.74) is 12.7. The summed E-state index contributed by atoms with van der Waals surface area (Å²) in [5.74, 6) is 2.40. The van der Waals surface area contributed by atoms with Crippen molar-refractivity contribution in [3.05, 3.63) is 114 Å². The van der Waals surface area contributed by atoms with E-state index < -0.39 is 0 Å². The number of benzene rings is 4. The van der Waals surface area contributed by atoms with E-state index in [1.807, 2.05) is 6.20 Å². The van der Waals surface area contributed by atoms with Crippen LogP contribution in [0.25, 0.3) is 72.3 Å². The molecule has 0 fully saturated rings. The Kier molecular flexibility index (Phi) is 7.41. The molecule has 4 aromatic heterocycles. The number of furan rings is 1. The van der Waals surface area contributed by atoms with Crippen molar-refractivity contribution in [2.75, 3.05) is 0 Å². The molecule has 0 N–H and O–H groups in total. The number of hydrogen-bond donors (Lipinski definition) is 0. The monoisotopic (exact) mass is 658 g/mol. The molecule has 0 aliphatic rings. The maximum Gasteiger partial charge on any atom is 0.299 e. The zero-order valence-electron chi connectivity index (χ0n) is 30.5. The number of rotatable bonds is 5. The second-order valence-corrected chi connectivity index (χ2v) is 15.3. The topological polar surface area (TPSA) is 60.6 Å². The minimum atomic E-state index is -0.186. The first-order chi connectivity index (χ1) is 23.9. The van der Waals surface area contributed by atoms with Crippen LogP contribution in [0.3, 0.4) is 0 Å². The summed E-state index contributed by atoms with van der Waals surface area (Å²) in [6.45, 7) is 17.8. The molecule has 8 rings (SSSR count).